The number of hydrogen-bond acceptors (Lipinski definition) is 10. The van der Waals surface area contributed by atoms with Crippen molar-refractivity contribution >= 4 is 35.5 Å². The molecule has 11 nitrogen and oxygen atoms in total. The van der Waals surface area contributed by atoms with Crippen LogP contribution in [0.2, 0.25) is 0 Å². The van der Waals surface area contributed by atoms with Crippen LogP contribution in [0.3, 0.4) is 0 Å². The van der Waals surface area contributed by atoms with Gasteiger partial charge < -0.3 is 34.9 Å². The van der Waals surface area contributed by atoms with Gasteiger partial charge in [-0.05, 0) is 50.8 Å². The molecule has 0 saturated carbocycles. The van der Waals surface area contributed by atoms with Gasteiger partial charge in [-0.2, -0.15) is 0 Å². The molecule has 1 aromatic rings. The van der Waals surface area contributed by atoms with Crippen molar-refractivity contribution in [3.63, 3.8) is 0 Å². The van der Waals surface area contributed by atoms with Gasteiger partial charge in [-0.25, -0.2) is 4.79 Å². The van der Waals surface area contributed by atoms with Gasteiger partial charge >= 0.3 is 11.9 Å². The summed E-state index contributed by atoms with van der Waals surface area (Å²) in [6, 6.07) is 3.13. The zero-order valence-corrected chi connectivity index (χ0v) is 21.3. The number of ether oxygens (including phenoxy) is 4. The standard InChI is InChI=1S/C24H31N3O8S/c1-4-5-17(28)34-12-35-23(31)19-24(2,3)36-22-18(21(30)27(19)22)26-20(29)14(25)8-6-13-7-9-15-16(10-13)33-11-32-15/h7,9-10,14,18-19,22H,4-6,8,11-12,25H2,1-3H3,(H,26,29)/t14?,18-,19+,22-/m1/s1. The minimum atomic E-state index is -0.863. The zero-order valence-electron chi connectivity index (χ0n) is 20.5. The van der Waals surface area contributed by atoms with E-state index in [1.807, 2.05) is 39.0 Å². The Morgan fingerprint density at radius 2 is 2.00 bits per heavy atom. The van der Waals surface area contributed by atoms with Crippen molar-refractivity contribution in [3.8, 4) is 11.5 Å². The van der Waals surface area contributed by atoms with E-state index in [1.165, 1.54) is 16.7 Å². The fourth-order valence-corrected chi connectivity index (χ4v) is 6.07. The van der Waals surface area contributed by atoms with Crippen molar-refractivity contribution in [1.82, 2.24) is 10.2 Å². The molecule has 0 radical (unpaired) electrons. The fourth-order valence-electron chi connectivity index (χ4n) is 4.44. The van der Waals surface area contributed by atoms with Crippen LogP contribution >= 0.6 is 11.8 Å². The Kier molecular flexibility index (Phi) is 7.65. The molecule has 3 aliphatic heterocycles. The molecule has 3 N–H and O–H groups in total. The van der Waals surface area contributed by atoms with Gasteiger partial charge in [-0.15, -0.1) is 11.8 Å². The number of nitrogens with two attached hydrogens (primary N) is 1. The van der Waals surface area contributed by atoms with E-state index in [4.69, 9.17) is 24.7 Å². The second-order valence-electron chi connectivity index (χ2n) is 9.43. The smallest absolute Gasteiger partial charge is 0.333 e. The van der Waals surface area contributed by atoms with Crippen LogP contribution in [0, 0.1) is 0 Å². The Morgan fingerprint density at radius 1 is 1.25 bits per heavy atom. The van der Waals surface area contributed by atoms with Crippen LogP contribution in [0.1, 0.15) is 45.6 Å². The molecule has 0 aliphatic carbocycles. The van der Waals surface area contributed by atoms with E-state index in [2.05, 4.69) is 5.32 Å². The molecule has 1 aromatic carbocycles. The molecule has 196 valence electrons. The van der Waals surface area contributed by atoms with Crippen molar-refractivity contribution in [2.45, 2.75) is 74.7 Å². The van der Waals surface area contributed by atoms with Crippen LogP contribution in [-0.4, -0.2) is 70.5 Å². The summed E-state index contributed by atoms with van der Waals surface area (Å²) in [5.74, 6) is -0.566. The first-order valence-corrected chi connectivity index (χ1v) is 12.8. The maximum atomic E-state index is 12.9. The molecule has 0 bridgehead atoms. The highest BCUT2D eigenvalue weighted by Crippen LogP contribution is 2.51. The van der Waals surface area contributed by atoms with Gasteiger partial charge in [0.1, 0.15) is 17.5 Å². The summed E-state index contributed by atoms with van der Waals surface area (Å²) < 4.78 is 20.0. The molecule has 4 atom stereocenters. The second kappa shape index (κ2) is 10.6. The number of nitrogens with one attached hydrogen (secondary N) is 1. The van der Waals surface area contributed by atoms with Gasteiger partial charge in [0.05, 0.1) is 6.04 Å². The number of hydrogen-bond donors (Lipinski definition) is 2. The van der Waals surface area contributed by atoms with E-state index in [9.17, 15) is 19.2 Å². The normalized spacial score (nSPS) is 23.9. The summed E-state index contributed by atoms with van der Waals surface area (Å²) >= 11 is 1.40. The Balaban J connectivity index is 1.28. The highest BCUT2D eigenvalue weighted by molar-refractivity contribution is 8.01. The van der Waals surface area contributed by atoms with Crippen molar-refractivity contribution in [1.29, 1.82) is 0 Å². The number of fused-ring (bicyclic) bond motifs is 2. The predicted octanol–water partition coefficient (Wildman–Crippen LogP) is 1.07. The second-order valence-corrected chi connectivity index (χ2v) is 11.2. The van der Waals surface area contributed by atoms with E-state index < -0.39 is 52.9 Å². The number of β-lactam (4-membered cyclic amide) rings is 1. The molecule has 0 aromatic heterocycles. The van der Waals surface area contributed by atoms with E-state index in [0.717, 1.165) is 5.56 Å². The predicted molar refractivity (Wildman–Crippen MR) is 129 cm³/mol. The molecule has 12 heteroatoms. The average molecular weight is 522 g/mol. The number of nitrogens with zero attached hydrogens (tertiary/aromatic N) is 1. The number of rotatable bonds is 10. The SMILES string of the molecule is CCCC(=O)OCOC(=O)[C@@H]1N2C(=O)[C@@H](NC(=O)C(N)CCc3ccc4c(c3)OCO4)[C@H]2SC1(C)C. The van der Waals surface area contributed by atoms with Crippen LogP contribution in [-0.2, 0) is 35.1 Å². The number of benzene rings is 1. The summed E-state index contributed by atoms with van der Waals surface area (Å²) in [4.78, 5) is 51.2. The fraction of sp³-hybridized carbons (Fsp3) is 0.583. The zero-order chi connectivity index (χ0) is 26.0. The Bertz CT molecular complexity index is 1050. The van der Waals surface area contributed by atoms with Crippen LogP contribution < -0.4 is 20.5 Å². The van der Waals surface area contributed by atoms with Gasteiger partial charge in [-0.3, -0.25) is 14.4 Å². The maximum absolute atomic E-state index is 12.9. The van der Waals surface area contributed by atoms with Gasteiger partial charge in [0.15, 0.2) is 11.5 Å². The minimum absolute atomic E-state index is 0.189. The van der Waals surface area contributed by atoms with Crippen LogP contribution in [0.15, 0.2) is 18.2 Å². The Labute approximate surface area is 213 Å². The highest BCUT2D eigenvalue weighted by atomic mass is 32.2. The molecule has 4 rings (SSSR count). The van der Waals surface area contributed by atoms with Gasteiger partial charge in [0.2, 0.25) is 25.4 Å². The Morgan fingerprint density at radius 3 is 2.75 bits per heavy atom. The lowest BCUT2D eigenvalue weighted by molar-refractivity contribution is -0.176. The number of esters is 2. The number of aryl methyl sites for hydroxylation is 1. The van der Waals surface area contributed by atoms with E-state index in [-0.39, 0.29) is 19.1 Å². The highest BCUT2D eigenvalue weighted by Gasteiger charge is 2.64. The van der Waals surface area contributed by atoms with Crippen molar-refractivity contribution in [3.05, 3.63) is 23.8 Å². The number of amides is 2. The summed E-state index contributed by atoms with van der Waals surface area (Å²) in [5, 5.41) is 2.32. The molecule has 2 fully saturated rings. The van der Waals surface area contributed by atoms with Crippen molar-refractivity contribution in [2.75, 3.05) is 13.6 Å². The van der Waals surface area contributed by atoms with Crippen LogP contribution in [0.25, 0.3) is 0 Å². The first kappa shape index (κ1) is 26.1. The lowest BCUT2D eigenvalue weighted by Gasteiger charge is -2.44. The molecule has 2 amide bonds. The average Bonchev–Trinajstić information content (AvgIpc) is 3.40. The number of carbonyl (C=O) groups excluding carboxylic acids is 4. The molecule has 1 unspecified atom stereocenters. The molecule has 3 heterocycles. The van der Waals surface area contributed by atoms with Crippen molar-refractivity contribution in [2.24, 2.45) is 5.73 Å². The number of thioether (sulfide) groups is 1. The molecule has 0 spiro atoms. The molecular weight excluding hydrogens is 490 g/mol. The summed E-state index contributed by atoms with van der Waals surface area (Å²) in [6.45, 7) is 5.18. The first-order chi connectivity index (χ1) is 17.1. The van der Waals surface area contributed by atoms with Crippen LogP contribution in [0.5, 0.6) is 11.5 Å². The quantitative estimate of drug-likeness (QED) is 0.260. The van der Waals surface area contributed by atoms with E-state index >= 15 is 0 Å². The monoisotopic (exact) mass is 521 g/mol. The molecule has 36 heavy (non-hydrogen) atoms. The molecular formula is C24H31N3O8S. The third-order valence-electron chi connectivity index (χ3n) is 6.36. The lowest BCUT2D eigenvalue weighted by Crippen LogP contribution is -2.71. The summed E-state index contributed by atoms with van der Waals surface area (Å²) in [5.41, 5.74) is 7.06. The lowest BCUT2D eigenvalue weighted by atomic mass is 9.95. The molecule has 2 saturated heterocycles. The minimum Gasteiger partial charge on any atom is -0.454 e. The number of carbonyl (C=O) groups is 4. The van der Waals surface area contributed by atoms with Crippen molar-refractivity contribution < 1.29 is 38.1 Å². The summed E-state index contributed by atoms with van der Waals surface area (Å²) in [7, 11) is 0. The van der Waals surface area contributed by atoms with Crippen LogP contribution in [0.4, 0.5) is 0 Å². The largest absolute Gasteiger partial charge is 0.454 e. The molecule has 3 aliphatic rings. The third-order valence-corrected chi connectivity index (χ3v) is 7.93. The van der Waals surface area contributed by atoms with E-state index in [0.29, 0.717) is 30.8 Å². The van der Waals surface area contributed by atoms with Gasteiger partial charge in [0, 0.05) is 11.2 Å². The Hall–Kier alpha value is -2.99. The van der Waals surface area contributed by atoms with E-state index in [1.54, 1.807) is 0 Å². The maximum Gasteiger partial charge on any atom is 0.333 e. The van der Waals surface area contributed by atoms with Gasteiger partial charge in [-0.1, -0.05) is 13.0 Å². The summed E-state index contributed by atoms with van der Waals surface area (Å²) in [6.07, 6.45) is 1.79. The topological polar surface area (TPSA) is 146 Å². The van der Waals surface area contributed by atoms with Gasteiger partial charge in [0.25, 0.3) is 0 Å². The first-order valence-electron chi connectivity index (χ1n) is 11.9. The third kappa shape index (κ3) is 5.24.